The molecule has 0 aliphatic carbocycles. The van der Waals surface area contributed by atoms with E-state index >= 15 is 0 Å². The minimum absolute atomic E-state index is 0.280. The average Bonchev–Trinajstić information content (AvgIpc) is 3.39. The predicted molar refractivity (Wildman–Crippen MR) is 120 cm³/mol. The van der Waals surface area contributed by atoms with E-state index in [1.54, 1.807) is 32.5 Å². The number of aromatic nitrogens is 4. The number of nitrogens with zero attached hydrogens (tertiary/aromatic N) is 5. The van der Waals surface area contributed by atoms with Crippen LogP contribution in [0.3, 0.4) is 0 Å². The minimum Gasteiger partial charge on any atom is -0.481 e. The first-order valence-corrected chi connectivity index (χ1v) is 10.5. The van der Waals surface area contributed by atoms with E-state index in [-0.39, 0.29) is 12.4 Å². The third-order valence-electron chi connectivity index (χ3n) is 5.81. The van der Waals surface area contributed by atoms with Gasteiger partial charge in [0.25, 0.3) is 0 Å². The van der Waals surface area contributed by atoms with Crippen molar-refractivity contribution in [1.29, 1.82) is 5.41 Å². The summed E-state index contributed by atoms with van der Waals surface area (Å²) in [6, 6.07) is 8.12. The van der Waals surface area contributed by atoms with Crippen LogP contribution in [0.15, 0.2) is 36.5 Å². The summed E-state index contributed by atoms with van der Waals surface area (Å²) in [5.74, 6) is 1.41. The Kier molecular flexibility index (Phi) is 6.38. The molecule has 3 aromatic rings. The number of nitrogens with one attached hydrogen (secondary N) is 1. The summed E-state index contributed by atoms with van der Waals surface area (Å²) >= 11 is 6.43. The summed E-state index contributed by atoms with van der Waals surface area (Å²) in [5.41, 5.74) is 1.19. The molecule has 0 amide bonds. The third kappa shape index (κ3) is 4.05. The van der Waals surface area contributed by atoms with Gasteiger partial charge in [0.05, 0.1) is 19.0 Å². The standard InChI is InChI=1S/C22H24ClFN6O2/c1-31-13-19-27-28-21(30(19)16-4-6-20(32-2)26-12-16)29-10-8-22(14-29,7-9-25)17-5-3-15(24)11-18(17)23/h3-6,9,11-12,25H,7-8,10,13-14H2,1-2H3/t22-/m1/s1. The van der Waals surface area contributed by atoms with Gasteiger partial charge in [0.2, 0.25) is 11.8 Å². The summed E-state index contributed by atoms with van der Waals surface area (Å²) < 4.78 is 26.1. The molecule has 168 valence electrons. The molecule has 0 radical (unpaired) electrons. The van der Waals surface area contributed by atoms with Crippen LogP contribution >= 0.6 is 11.6 Å². The van der Waals surface area contributed by atoms with E-state index in [1.807, 2.05) is 10.6 Å². The van der Waals surface area contributed by atoms with E-state index in [0.717, 1.165) is 17.7 Å². The smallest absolute Gasteiger partial charge is 0.232 e. The zero-order valence-corrected chi connectivity index (χ0v) is 18.6. The molecule has 1 N–H and O–H groups in total. The van der Waals surface area contributed by atoms with E-state index < -0.39 is 5.41 Å². The quantitative estimate of drug-likeness (QED) is 0.516. The lowest BCUT2D eigenvalue weighted by molar-refractivity contribution is 0.176. The number of hydrogen-bond donors (Lipinski definition) is 1. The van der Waals surface area contributed by atoms with Gasteiger partial charge in [-0.3, -0.25) is 4.57 Å². The molecule has 4 rings (SSSR count). The lowest BCUT2D eigenvalue weighted by Gasteiger charge is -2.29. The predicted octanol–water partition coefficient (Wildman–Crippen LogP) is 3.80. The number of hydrogen-bond acceptors (Lipinski definition) is 7. The molecular weight excluding hydrogens is 435 g/mol. The van der Waals surface area contributed by atoms with Crippen LogP contribution in [-0.4, -0.2) is 53.3 Å². The number of ether oxygens (including phenoxy) is 2. The second kappa shape index (κ2) is 9.22. The van der Waals surface area contributed by atoms with Gasteiger partial charge in [-0.2, -0.15) is 0 Å². The largest absolute Gasteiger partial charge is 0.481 e. The fraction of sp³-hybridized carbons (Fsp3) is 0.364. The number of halogens is 2. The van der Waals surface area contributed by atoms with Gasteiger partial charge in [-0.05, 0) is 42.8 Å². The molecule has 32 heavy (non-hydrogen) atoms. The van der Waals surface area contributed by atoms with Crippen molar-refractivity contribution >= 4 is 23.8 Å². The Morgan fingerprint density at radius 3 is 2.75 bits per heavy atom. The second-order valence-corrected chi connectivity index (χ2v) is 8.13. The number of pyridine rings is 1. The van der Waals surface area contributed by atoms with Crippen LogP contribution in [0.25, 0.3) is 5.69 Å². The lowest BCUT2D eigenvalue weighted by Crippen LogP contribution is -2.33. The maximum absolute atomic E-state index is 13.7. The minimum atomic E-state index is -0.428. The molecule has 0 saturated carbocycles. The molecule has 10 heteroatoms. The Morgan fingerprint density at radius 2 is 2.09 bits per heavy atom. The van der Waals surface area contributed by atoms with Gasteiger partial charge in [-0.1, -0.05) is 17.7 Å². The first-order valence-electron chi connectivity index (χ1n) is 10.1. The van der Waals surface area contributed by atoms with E-state index in [2.05, 4.69) is 20.1 Å². The van der Waals surface area contributed by atoms with Gasteiger partial charge in [-0.25, -0.2) is 9.37 Å². The fourth-order valence-electron chi connectivity index (χ4n) is 4.28. The van der Waals surface area contributed by atoms with E-state index in [4.69, 9.17) is 26.5 Å². The van der Waals surface area contributed by atoms with Crippen molar-refractivity contribution in [2.24, 2.45) is 0 Å². The zero-order valence-electron chi connectivity index (χ0n) is 17.9. The molecule has 1 atom stereocenters. The van der Waals surface area contributed by atoms with Crippen LogP contribution in [0.5, 0.6) is 5.88 Å². The maximum Gasteiger partial charge on any atom is 0.232 e. The molecule has 1 aromatic carbocycles. The highest BCUT2D eigenvalue weighted by molar-refractivity contribution is 6.31. The number of rotatable bonds is 8. The fourth-order valence-corrected chi connectivity index (χ4v) is 4.65. The van der Waals surface area contributed by atoms with Crippen LogP contribution in [0.1, 0.15) is 24.2 Å². The average molecular weight is 459 g/mol. The van der Waals surface area contributed by atoms with Gasteiger partial charge in [0, 0.05) is 36.7 Å². The van der Waals surface area contributed by atoms with Gasteiger partial charge in [-0.15, -0.1) is 10.2 Å². The Hall–Kier alpha value is -3.04. The van der Waals surface area contributed by atoms with Crippen LogP contribution in [0, 0.1) is 11.2 Å². The number of methoxy groups -OCH3 is 2. The summed E-state index contributed by atoms with van der Waals surface area (Å²) in [4.78, 5) is 6.42. The molecule has 8 nitrogen and oxygen atoms in total. The van der Waals surface area contributed by atoms with E-state index in [0.29, 0.717) is 42.2 Å². The van der Waals surface area contributed by atoms with Crippen molar-refractivity contribution in [1.82, 2.24) is 19.7 Å². The first kappa shape index (κ1) is 22.2. The molecule has 2 aromatic heterocycles. The van der Waals surface area contributed by atoms with E-state index in [9.17, 15) is 4.39 Å². The lowest BCUT2D eigenvalue weighted by atomic mass is 9.77. The maximum atomic E-state index is 13.7. The number of benzene rings is 1. The van der Waals surface area contributed by atoms with Gasteiger partial charge in [0.1, 0.15) is 12.4 Å². The molecule has 1 aliphatic heterocycles. The topological polar surface area (TPSA) is 89.2 Å². The molecule has 1 aliphatic rings. The van der Waals surface area contributed by atoms with Gasteiger partial charge >= 0.3 is 0 Å². The Balaban J connectivity index is 1.73. The molecule has 0 unspecified atom stereocenters. The van der Waals surface area contributed by atoms with Crippen molar-refractivity contribution in [2.45, 2.75) is 24.9 Å². The second-order valence-electron chi connectivity index (χ2n) is 7.73. The zero-order chi connectivity index (χ0) is 22.7. The van der Waals surface area contributed by atoms with Crippen LogP contribution in [0.2, 0.25) is 5.02 Å². The highest BCUT2D eigenvalue weighted by Crippen LogP contribution is 2.42. The number of anilines is 1. The monoisotopic (exact) mass is 458 g/mol. The molecule has 0 bridgehead atoms. The highest BCUT2D eigenvalue weighted by atomic mass is 35.5. The van der Waals surface area contributed by atoms with Crippen LogP contribution in [0.4, 0.5) is 10.3 Å². The Bertz CT molecular complexity index is 1110. The first-order chi connectivity index (χ1) is 15.5. The van der Waals surface area contributed by atoms with Gasteiger partial charge in [0.15, 0.2) is 5.82 Å². The normalized spacial score (nSPS) is 18.2. The molecular formula is C22H24ClFN6O2. The SMILES string of the molecule is COCc1nnc(N2CC[C@@](CC=N)(c3ccc(F)cc3Cl)C2)n1-c1ccc(OC)nc1. The van der Waals surface area contributed by atoms with Crippen molar-refractivity contribution in [2.75, 3.05) is 32.2 Å². The third-order valence-corrected chi connectivity index (χ3v) is 6.12. The highest BCUT2D eigenvalue weighted by Gasteiger charge is 2.42. The molecule has 1 saturated heterocycles. The summed E-state index contributed by atoms with van der Waals surface area (Å²) in [6.45, 7) is 1.51. The van der Waals surface area contributed by atoms with Crippen LogP contribution < -0.4 is 9.64 Å². The van der Waals surface area contributed by atoms with Crippen molar-refractivity contribution in [3.63, 3.8) is 0 Å². The van der Waals surface area contributed by atoms with Crippen LogP contribution in [-0.2, 0) is 16.8 Å². The molecule has 1 fully saturated rings. The van der Waals surface area contributed by atoms with E-state index in [1.165, 1.54) is 18.3 Å². The van der Waals surface area contributed by atoms with Crippen molar-refractivity contribution in [3.05, 3.63) is 58.8 Å². The summed E-state index contributed by atoms with van der Waals surface area (Å²) in [6.07, 6.45) is 4.30. The van der Waals surface area contributed by atoms with Crippen molar-refractivity contribution in [3.8, 4) is 11.6 Å². The molecule has 3 heterocycles. The summed E-state index contributed by atoms with van der Waals surface area (Å²) in [7, 11) is 3.17. The summed E-state index contributed by atoms with van der Waals surface area (Å²) in [5, 5.41) is 16.9. The Morgan fingerprint density at radius 1 is 1.25 bits per heavy atom. The Labute approximate surface area is 190 Å². The van der Waals surface area contributed by atoms with Gasteiger partial charge < -0.3 is 19.8 Å². The molecule has 0 spiro atoms. The van der Waals surface area contributed by atoms with Crippen molar-refractivity contribution < 1.29 is 13.9 Å².